The summed E-state index contributed by atoms with van der Waals surface area (Å²) in [4.78, 5) is 12.7. The number of carbonyl (C=O) groups is 1. The van der Waals surface area contributed by atoms with Crippen molar-refractivity contribution in [1.29, 1.82) is 0 Å². The van der Waals surface area contributed by atoms with Gasteiger partial charge in [-0.1, -0.05) is 53.2 Å². The number of amides is 1. The number of nitrogens with one attached hydrogen (secondary N) is 1. The van der Waals surface area contributed by atoms with Crippen molar-refractivity contribution in [3.63, 3.8) is 0 Å². The molecule has 0 saturated heterocycles. The van der Waals surface area contributed by atoms with Crippen molar-refractivity contribution in [1.82, 2.24) is 0 Å². The number of benzene rings is 4. The fourth-order valence-electron chi connectivity index (χ4n) is 3.63. The van der Waals surface area contributed by atoms with Gasteiger partial charge in [-0.3, -0.25) is 9.35 Å². The van der Waals surface area contributed by atoms with Crippen LogP contribution < -0.4 is 44.7 Å². The second-order valence-electron chi connectivity index (χ2n) is 7.87. The van der Waals surface area contributed by atoms with Gasteiger partial charge in [0.2, 0.25) is 0 Å². The van der Waals surface area contributed by atoms with Crippen LogP contribution in [0.4, 0.5) is 17.1 Å². The molecule has 4 aromatic rings. The van der Waals surface area contributed by atoms with Crippen LogP contribution in [0.2, 0.25) is 10.0 Å². The van der Waals surface area contributed by atoms with E-state index in [-0.39, 0.29) is 57.2 Å². The van der Waals surface area contributed by atoms with Gasteiger partial charge in [-0.25, -0.2) is 0 Å². The van der Waals surface area contributed by atoms with E-state index < -0.39 is 26.7 Å². The maximum Gasteiger partial charge on any atom is 1.00 e. The molecule has 0 aliphatic carbocycles. The number of rotatable bonds is 6. The van der Waals surface area contributed by atoms with Crippen molar-refractivity contribution in [3.05, 3.63) is 81.8 Å². The van der Waals surface area contributed by atoms with Gasteiger partial charge in [-0.05, 0) is 54.3 Å². The van der Waals surface area contributed by atoms with Gasteiger partial charge >= 0.3 is 29.6 Å². The molecule has 1 amide bonds. The number of ether oxygens (including phenoxy) is 1. The first-order chi connectivity index (χ1) is 17.5. The van der Waals surface area contributed by atoms with Crippen LogP contribution in [0.5, 0.6) is 11.5 Å². The van der Waals surface area contributed by atoms with Crippen LogP contribution in [-0.2, 0) is 10.1 Å². The van der Waals surface area contributed by atoms with Crippen molar-refractivity contribution in [2.45, 2.75) is 11.8 Å². The van der Waals surface area contributed by atoms with Gasteiger partial charge in [0, 0.05) is 16.0 Å². The topological polar surface area (TPSA) is 140 Å². The number of nitrogens with zero attached hydrogens (tertiary/aromatic N) is 2. The first-order valence-corrected chi connectivity index (χ1v) is 12.8. The standard InChI is InChI=1S/C25H19Cl2N3O6S.Na/c1-13-9-16(37(33,34)35)12-19(27)22(13)29-30-23-17-6-4-3-5-14(17)10-18(24(23)31)25(32)28-20-11-15(26)7-8-21(20)36-2;/h3-12,31H,1-2H3,(H,28,32)(H,33,34,35);/q;+1/p-1. The minimum absolute atomic E-state index is 0. The van der Waals surface area contributed by atoms with Crippen LogP contribution in [0, 0.1) is 6.92 Å². The zero-order valence-electron chi connectivity index (χ0n) is 20.3. The van der Waals surface area contributed by atoms with Gasteiger partial charge in [0.05, 0.1) is 28.4 Å². The molecule has 0 bridgehead atoms. The molecule has 38 heavy (non-hydrogen) atoms. The summed E-state index contributed by atoms with van der Waals surface area (Å²) >= 11 is 12.2. The third kappa shape index (κ3) is 6.29. The second kappa shape index (κ2) is 12.0. The van der Waals surface area contributed by atoms with Gasteiger partial charge < -0.3 is 15.2 Å². The fourth-order valence-corrected chi connectivity index (χ4v) is 4.76. The zero-order valence-corrected chi connectivity index (χ0v) is 24.6. The Balaban J connectivity index is 0.00000400. The van der Waals surface area contributed by atoms with Gasteiger partial charge in [-0.15, -0.1) is 5.11 Å². The number of azo groups is 1. The summed E-state index contributed by atoms with van der Waals surface area (Å²) in [5.41, 5.74) is 0.352. The minimum atomic E-state index is -4.48. The maximum atomic E-state index is 13.4. The van der Waals surface area contributed by atoms with Crippen molar-refractivity contribution >= 4 is 67.1 Å². The molecule has 0 atom stereocenters. The number of carbonyl (C=O) groups excluding carboxylic acids is 1. The van der Waals surface area contributed by atoms with Crippen molar-refractivity contribution < 1.29 is 57.2 Å². The Morgan fingerprint density at radius 3 is 2.37 bits per heavy atom. The summed E-state index contributed by atoms with van der Waals surface area (Å²) in [5.74, 6) is -1.05. The second-order valence-corrected chi connectivity index (χ2v) is 10.1. The largest absolute Gasteiger partial charge is 1.00 e. The van der Waals surface area contributed by atoms with Crippen LogP contribution in [0.15, 0.2) is 75.8 Å². The molecule has 2 N–H and O–H groups in total. The van der Waals surface area contributed by atoms with Crippen LogP contribution >= 0.6 is 23.2 Å². The van der Waals surface area contributed by atoms with Crippen molar-refractivity contribution in [2.24, 2.45) is 10.2 Å². The monoisotopic (exact) mass is 581 g/mol. The number of hydrogen-bond acceptors (Lipinski definition) is 7. The quantitative estimate of drug-likeness (QED) is 0.203. The number of anilines is 1. The molecule has 4 aromatic carbocycles. The number of methoxy groups -OCH3 is 1. The van der Waals surface area contributed by atoms with E-state index in [1.807, 2.05) is 0 Å². The average molecular weight is 582 g/mol. The summed E-state index contributed by atoms with van der Waals surface area (Å²) in [6.07, 6.45) is 0. The van der Waals surface area contributed by atoms with Crippen LogP contribution in [0.25, 0.3) is 10.8 Å². The predicted octanol–water partition coefficient (Wildman–Crippen LogP) is 3.46. The average Bonchev–Trinajstić information content (AvgIpc) is 2.83. The molecule has 0 fully saturated rings. The molecule has 13 heteroatoms. The summed E-state index contributed by atoms with van der Waals surface area (Å²) in [6, 6.07) is 15.1. The molecule has 0 saturated carbocycles. The predicted molar refractivity (Wildman–Crippen MR) is 140 cm³/mol. The summed E-state index contributed by atoms with van der Waals surface area (Å²) < 4.78 is 37.5. The molecule has 0 spiro atoms. The normalized spacial score (nSPS) is 11.4. The smallest absolute Gasteiger partial charge is 0.870 e. The Morgan fingerprint density at radius 1 is 1.03 bits per heavy atom. The Kier molecular flexibility index (Phi) is 9.43. The van der Waals surface area contributed by atoms with Crippen LogP contribution in [0.3, 0.4) is 0 Å². The Labute approximate surface area is 250 Å². The first-order valence-electron chi connectivity index (χ1n) is 10.6. The summed E-state index contributed by atoms with van der Waals surface area (Å²) in [7, 11) is -3.05. The van der Waals surface area contributed by atoms with E-state index in [1.54, 1.807) is 36.4 Å². The molecule has 190 valence electrons. The van der Waals surface area contributed by atoms with E-state index >= 15 is 0 Å². The van der Waals surface area contributed by atoms with Crippen molar-refractivity contribution in [2.75, 3.05) is 12.4 Å². The minimum Gasteiger partial charge on any atom is -0.870 e. The maximum absolute atomic E-state index is 13.4. The molecular weight excluding hydrogens is 564 g/mol. The van der Waals surface area contributed by atoms with Gasteiger partial charge in [0.15, 0.2) is 0 Å². The first kappa shape index (κ1) is 29.9. The molecule has 9 nitrogen and oxygen atoms in total. The Hall–Kier alpha value is -2.70. The molecule has 0 aliphatic rings. The van der Waals surface area contributed by atoms with E-state index in [4.69, 9.17) is 27.9 Å². The van der Waals surface area contributed by atoms with Gasteiger partial charge in [0.25, 0.3) is 16.0 Å². The van der Waals surface area contributed by atoms with E-state index in [1.165, 1.54) is 32.2 Å². The van der Waals surface area contributed by atoms with Gasteiger partial charge in [-0.2, -0.15) is 13.5 Å². The zero-order chi connectivity index (χ0) is 26.9. The molecule has 0 aromatic heterocycles. The Morgan fingerprint density at radius 2 is 1.71 bits per heavy atom. The third-order valence-electron chi connectivity index (χ3n) is 5.41. The van der Waals surface area contributed by atoms with Gasteiger partial charge in [0.1, 0.15) is 11.4 Å². The van der Waals surface area contributed by atoms with E-state index in [0.717, 1.165) is 6.07 Å². The van der Waals surface area contributed by atoms with E-state index in [9.17, 15) is 22.9 Å². The molecular formula is C25H18Cl2N3NaO6S. The summed E-state index contributed by atoms with van der Waals surface area (Å²) in [5, 5.41) is 25.5. The SMILES string of the molecule is COc1ccc(Cl)cc1NC(=O)c1cc2ccccc2c(N=Nc2c(C)cc(S(=O)(=O)O)cc2Cl)c1[O-].[Na+]. The summed E-state index contributed by atoms with van der Waals surface area (Å²) in [6.45, 7) is 1.52. The third-order valence-corrected chi connectivity index (χ3v) is 6.76. The molecule has 4 rings (SSSR count). The molecule has 0 radical (unpaired) electrons. The number of aryl methyl sites for hydroxylation is 1. The molecule has 0 heterocycles. The fraction of sp³-hybridized carbons (Fsp3) is 0.0800. The number of hydrogen-bond donors (Lipinski definition) is 2. The van der Waals surface area contributed by atoms with Crippen LogP contribution in [0.1, 0.15) is 15.9 Å². The van der Waals surface area contributed by atoms with Crippen LogP contribution in [-0.4, -0.2) is 26.0 Å². The Bertz CT molecular complexity index is 1670. The van der Waals surface area contributed by atoms with Crippen molar-refractivity contribution in [3.8, 4) is 11.5 Å². The number of fused-ring (bicyclic) bond motifs is 1. The number of halogens is 2. The molecule has 0 unspecified atom stereocenters. The molecule has 0 aliphatic heterocycles. The van der Waals surface area contributed by atoms with E-state index in [2.05, 4.69) is 15.5 Å². The van der Waals surface area contributed by atoms with E-state index in [0.29, 0.717) is 27.1 Å².